The van der Waals surface area contributed by atoms with E-state index in [4.69, 9.17) is 9.66 Å². The first-order chi connectivity index (χ1) is 10.8. The van der Waals surface area contributed by atoms with E-state index in [2.05, 4.69) is 0 Å². The average Bonchev–Trinajstić information content (AvgIpc) is 2.43. The van der Waals surface area contributed by atoms with Crippen molar-refractivity contribution in [2.24, 2.45) is 11.8 Å². The number of rotatable bonds is 6. The Hall–Kier alpha value is -0.750. The van der Waals surface area contributed by atoms with Crippen LogP contribution < -0.4 is 0 Å². The fraction of sp³-hybridized carbons (Fsp3) is 0.929. The van der Waals surface area contributed by atoms with E-state index in [1.807, 2.05) is 35.2 Å². The third kappa shape index (κ3) is 13.2. The fourth-order valence-corrected chi connectivity index (χ4v) is 5.16. The van der Waals surface area contributed by atoms with E-state index in [-0.39, 0.29) is 29.9 Å². The average molecular weight is 405 g/mol. The van der Waals surface area contributed by atoms with E-state index in [9.17, 15) is 21.6 Å². The summed E-state index contributed by atoms with van der Waals surface area (Å²) < 4.78 is 54.3. The van der Waals surface area contributed by atoms with Gasteiger partial charge in [0.05, 0.1) is 59.8 Å². The van der Waals surface area contributed by atoms with E-state index < -0.39 is 25.9 Å². The zero-order valence-corrected chi connectivity index (χ0v) is 17.5. The topological polar surface area (TPSA) is 126 Å². The molecule has 2 N–H and O–H groups in total. The quantitative estimate of drug-likeness (QED) is 0.430. The minimum Gasteiger partial charge on any atom is -0.477 e. The van der Waals surface area contributed by atoms with Crippen LogP contribution in [0.5, 0.6) is 0 Å². The van der Waals surface area contributed by atoms with E-state index >= 15 is 0 Å². The van der Waals surface area contributed by atoms with Gasteiger partial charge in [-0.05, 0) is 0 Å². The van der Waals surface area contributed by atoms with Crippen molar-refractivity contribution in [3.8, 4) is 0 Å². The van der Waals surface area contributed by atoms with Crippen LogP contribution in [-0.2, 0) is 24.7 Å². The molecule has 1 aliphatic rings. The van der Waals surface area contributed by atoms with Crippen molar-refractivity contribution in [2.45, 2.75) is 0 Å². The summed E-state index contributed by atoms with van der Waals surface area (Å²) in [6, 6.07) is 0. The smallest absolute Gasteiger partial charge is 0.359 e. The lowest BCUT2D eigenvalue weighted by Crippen LogP contribution is -2.39. The molecule has 11 heteroatoms. The largest absolute Gasteiger partial charge is 0.477 e. The van der Waals surface area contributed by atoms with Crippen LogP contribution >= 0.6 is 0 Å². The molecule has 2 unspecified atom stereocenters. The van der Waals surface area contributed by atoms with Crippen LogP contribution in [0.1, 0.15) is 0 Å². The standard InChI is InChI=1S/C9H19NO5S2.C5H11NO2/c1-10(2)4-8(6-16(3,11)12)9(5-10)7-17(13,14)15;1-6(2,3)4-5(7)8/h8-9H,4-7H2,1-3H3;4H2,1-3H3/p+2. The Morgan fingerprint density at radius 1 is 1.04 bits per heavy atom. The number of aliphatic carboxylic acids is 1. The Kier molecular flexibility index (Phi) is 8.05. The summed E-state index contributed by atoms with van der Waals surface area (Å²) in [6.45, 7) is 1.37. The van der Waals surface area contributed by atoms with E-state index in [0.717, 1.165) is 6.26 Å². The third-order valence-electron chi connectivity index (χ3n) is 3.68. The molecule has 0 aromatic carbocycles. The van der Waals surface area contributed by atoms with E-state index in [1.165, 1.54) is 0 Å². The number of hydrogen-bond acceptors (Lipinski definition) is 5. The first-order valence-electron chi connectivity index (χ1n) is 7.77. The lowest BCUT2D eigenvalue weighted by molar-refractivity contribution is -0.880. The second-order valence-corrected chi connectivity index (χ2v) is 12.2. The minimum absolute atomic E-state index is 0.0190. The lowest BCUT2D eigenvalue weighted by atomic mass is 10.0. The highest BCUT2D eigenvalue weighted by molar-refractivity contribution is 7.90. The molecule has 25 heavy (non-hydrogen) atoms. The third-order valence-corrected chi connectivity index (χ3v) is 5.56. The number of hydrogen-bond donors (Lipinski definition) is 2. The predicted molar refractivity (Wildman–Crippen MR) is 95.5 cm³/mol. The van der Waals surface area contributed by atoms with Crippen LogP contribution in [0.3, 0.4) is 0 Å². The van der Waals surface area contributed by atoms with Gasteiger partial charge in [0, 0.05) is 18.1 Å². The van der Waals surface area contributed by atoms with Crippen LogP contribution in [0.25, 0.3) is 0 Å². The van der Waals surface area contributed by atoms with Crippen molar-refractivity contribution in [3.05, 3.63) is 0 Å². The second-order valence-electron chi connectivity index (χ2n) is 8.50. The monoisotopic (exact) mass is 404 g/mol. The molecule has 0 amide bonds. The molecule has 0 bridgehead atoms. The van der Waals surface area contributed by atoms with E-state index in [1.54, 1.807) is 0 Å². The minimum atomic E-state index is -4.05. The number of likely N-dealkylation sites (N-methyl/N-ethyl adjacent to an activating group) is 1. The molecule has 1 rings (SSSR count). The maximum absolute atomic E-state index is 11.3. The number of likely N-dealkylation sites (tertiary alicyclic amines) is 1. The van der Waals surface area contributed by atoms with Gasteiger partial charge < -0.3 is 14.1 Å². The normalized spacial score (nSPS) is 23.6. The number of nitrogens with zero attached hydrogens (tertiary/aromatic N) is 2. The van der Waals surface area contributed by atoms with Crippen molar-refractivity contribution < 1.29 is 40.3 Å². The summed E-state index contributed by atoms with van der Waals surface area (Å²) in [5.41, 5.74) is 0. The first-order valence-corrected chi connectivity index (χ1v) is 11.4. The van der Waals surface area contributed by atoms with Gasteiger partial charge in [0.25, 0.3) is 10.1 Å². The number of carboxylic acids is 1. The van der Waals surface area contributed by atoms with Gasteiger partial charge >= 0.3 is 5.97 Å². The second kappa shape index (κ2) is 8.30. The van der Waals surface area contributed by atoms with Crippen LogP contribution in [0.2, 0.25) is 0 Å². The molecule has 0 aromatic rings. The van der Waals surface area contributed by atoms with Gasteiger partial charge in [-0.3, -0.25) is 4.55 Å². The maximum atomic E-state index is 11.3. The summed E-state index contributed by atoms with van der Waals surface area (Å²) in [5, 5.41) is 8.23. The molecular formula is C14H32N2O7S2+2. The van der Waals surface area contributed by atoms with Crippen molar-refractivity contribution in [3.63, 3.8) is 0 Å². The number of carbonyl (C=O) groups is 1. The van der Waals surface area contributed by atoms with Crippen molar-refractivity contribution in [2.75, 3.05) is 72.6 Å². The van der Waals surface area contributed by atoms with Gasteiger partial charge in [-0.1, -0.05) is 0 Å². The summed E-state index contributed by atoms with van der Waals surface area (Å²) in [6.07, 6.45) is 1.15. The SMILES string of the molecule is C[N+](C)(C)CC(=O)O.C[N+]1(C)CC(CS(C)(=O)=O)C(CS(=O)(=O)O)C1. The molecule has 0 aliphatic carbocycles. The molecule has 1 aliphatic heterocycles. The molecule has 0 spiro atoms. The van der Waals surface area contributed by atoms with Gasteiger partial charge in [-0.25, -0.2) is 13.2 Å². The Morgan fingerprint density at radius 3 is 1.68 bits per heavy atom. The highest BCUT2D eigenvalue weighted by Crippen LogP contribution is 2.29. The molecule has 0 saturated carbocycles. The summed E-state index contributed by atoms with van der Waals surface area (Å²) in [7, 11) is 2.20. The molecule has 0 radical (unpaired) electrons. The zero-order chi connectivity index (χ0) is 20.3. The highest BCUT2D eigenvalue weighted by Gasteiger charge is 2.43. The molecule has 1 heterocycles. The number of carboxylic acid groups (broad SMARTS) is 1. The first kappa shape index (κ1) is 24.2. The van der Waals surface area contributed by atoms with Gasteiger partial charge in [0.15, 0.2) is 6.54 Å². The Bertz CT molecular complexity index is 620. The van der Waals surface area contributed by atoms with Gasteiger partial charge in [0.1, 0.15) is 9.84 Å². The molecule has 0 aromatic heterocycles. The zero-order valence-electron chi connectivity index (χ0n) is 15.8. The molecule has 9 nitrogen and oxygen atoms in total. The van der Waals surface area contributed by atoms with Crippen molar-refractivity contribution in [1.82, 2.24) is 0 Å². The van der Waals surface area contributed by atoms with Crippen molar-refractivity contribution in [1.29, 1.82) is 0 Å². The van der Waals surface area contributed by atoms with Crippen LogP contribution in [0.4, 0.5) is 0 Å². The van der Waals surface area contributed by atoms with Gasteiger partial charge in [-0.15, -0.1) is 0 Å². The van der Waals surface area contributed by atoms with Gasteiger partial charge in [0.2, 0.25) is 0 Å². The maximum Gasteiger partial charge on any atom is 0.359 e. The number of quaternary nitrogens is 2. The predicted octanol–water partition coefficient (Wildman–Crippen LogP) is -0.982. The molecule has 2 atom stereocenters. The molecule has 150 valence electrons. The lowest BCUT2D eigenvalue weighted by Gasteiger charge is -2.23. The molecular weight excluding hydrogens is 372 g/mol. The number of sulfone groups is 1. The summed E-state index contributed by atoms with van der Waals surface area (Å²) >= 11 is 0. The Morgan fingerprint density at radius 2 is 1.44 bits per heavy atom. The Labute approximate surface area is 151 Å². The highest BCUT2D eigenvalue weighted by atomic mass is 32.2. The van der Waals surface area contributed by atoms with Crippen LogP contribution in [0.15, 0.2) is 0 Å². The summed E-state index contributed by atoms with van der Waals surface area (Å²) in [4.78, 5) is 10.00. The van der Waals surface area contributed by atoms with Gasteiger partial charge in [-0.2, -0.15) is 8.42 Å². The molecule has 1 fully saturated rings. The molecule has 1 saturated heterocycles. The Balaban J connectivity index is 0.000000609. The fourth-order valence-electron chi connectivity index (χ4n) is 3.09. The van der Waals surface area contributed by atoms with E-state index in [0.29, 0.717) is 22.1 Å². The summed E-state index contributed by atoms with van der Waals surface area (Å²) in [5.74, 6) is -1.63. The van der Waals surface area contributed by atoms with Crippen molar-refractivity contribution >= 4 is 25.9 Å². The van der Waals surface area contributed by atoms with Crippen LogP contribution in [0, 0.1) is 11.8 Å². The van der Waals surface area contributed by atoms with Crippen LogP contribution in [-0.4, -0.2) is 114 Å².